The fraction of sp³-hybridized carbons (Fsp3) is 0.962. The Morgan fingerprint density at radius 3 is 1.67 bits per heavy atom. The third-order valence-electron chi connectivity index (χ3n) is 7.30. The van der Waals surface area contributed by atoms with E-state index in [0.717, 1.165) is 43.7 Å². The minimum absolute atomic E-state index is 0.183. The summed E-state index contributed by atoms with van der Waals surface area (Å²) in [6.45, 7) is 10.2. The highest BCUT2D eigenvalue weighted by Crippen LogP contribution is 2.57. The second-order valence-electron chi connectivity index (χ2n) is 10.8. The van der Waals surface area contributed by atoms with Crippen LogP contribution < -0.4 is 5.32 Å². The van der Waals surface area contributed by atoms with Crippen LogP contribution in [0.25, 0.3) is 0 Å². The van der Waals surface area contributed by atoms with Crippen LogP contribution in [0, 0.1) is 29.1 Å². The number of nitrogens with zero attached hydrogens (tertiary/aromatic N) is 1. The Hall–Kier alpha value is -0.750. The topological polar surface area (TPSA) is 82.0 Å². The maximum Gasteiger partial charge on any atom is 0.101 e. The smallest absolute Gasteiger partial charge is 0.101 e. The molecule has 0 aliphatic heterocycles. The molecule has 0 radical (unpaired) electrons. The number of rotatable bonds is 19. The molecule has 0 aromatic rings. The van der Waals surface area contributed by atoms with Gasteiger partial charge in [0.25, 0.3) is 0 Å². The zero-order chi connectivity index (χ0) is 23.4. The van der Waals surface area contributed by atoms with E-state index in [4.69, 9.17) is 28.9 Å². The van der Waals surface area contributed by atoms with Gasteiger partial charge in [0.2, 0.25) is 0 Å². The largest absolute Gasteiger partial charge is 0.379 e. The Kier molecular flexibility index (Phi) is 11.4. The van der Waals surface area contributed by atoms with Crippen molar-refractivity contribution in [2.75, 3.05) is 66.0 Å². The standard InChI is InChI=1S/C26H46N2O5/c1-25(2,21-27)28-5-3-4-6-29-7-8-30-9-10-31-11-12-32-13-14-33-26-18-22-15-23(19-26)17-24(16-22)20-26/h22-24,28H,3-20H2,1-2H3. The van der Waals surface area contributed by atoms with Gasteiger partial charge in [-0.1, -0.05) is 0 Å². The van der Waals surface area contributed by atoms with Gasteiger partial charge in [0.05, 0.1) is 64.5 Å². The molecule has 4 aliphatic rings. The molecule has 0 atom stereocenters. The first kappa shape index (κ1) is 26.8. The fourth-order valence-corrected chi connectivity index (χ4v) is 6.06. The van der Waals surface area contributed by atoms with Crippen LogP contribution in [0.5, 0.6) is 0 Å². The third-order valence-corrected chi connectivity index (χ3v) is 7.30. The monoisotopic (exact) mass is 466 g/mol. The maximum absolute atomic E-state index is 8.93. The zero-order valence-corrected chi connectivity index (χ0v) is 20.9. The van der Waals surface area contributed by atoms with Crippen molar-refractivity contribution >= 4 is 0 Å². The number of hydrogen-bond donors (Lipinski definition) is 1. The molecule has 0 aromatic carbocycles. The van der Waals surface area contributed by atoms with Crippen LogP contribution in [-0.4, -0.2) is 77.1 Å². The van der Waals surface area contributed by atoms with E-state index in [1.165, 1.54) is 38.5 Å². The molecule has 1 N–H and O–H groups in total. The van der Waals surface area contributed by atoms with Crippen LogP contribution in [0.2, 0.25) is 0 Å². The van der Waals surface area contributed by atoms with Gasteiger partial charge in [0.1, 0.15) is 5.54 Å². The van der Waals surface area contributed by atoms with Crippen molar-refractivity contribution < 1.29 is 23.7 Å². The maximum atomic E-state index is 8.93. The summed E-state index contributed by atoms with van der Waals surface area (Å²) >= 11 is 0. The van der Waals surface area contributed by atoms with Crippen LogP contribution in [-0.2, 0) is 23.7 Å². The van der Waals surface area contributed by atoms with E-state index in [2.05, 4.69) is 11.4 Å². The predicted octanol–water partition coefficient (Wildman–Crippen LogP) is 3.71. The summed E-state index contributed by atoms with van der Waals surface area (Å²) in [6.07, 6.45) is 10.2. The Labute approximate surface area is 200 Å². The van der Waals surface area contributed by atoms with Gasteiger partial charge >= 0.3 is 0 Å². The highest BCUT2D eigenvalue weighted by molar-refractivity contribution is 5.03. The second kappa shape index (κ2) is 14.0. The van der Waals surface area contributed by atoms with E-state index in [9.17, 15) is 0 Å². The summed E-state index contributed by atoms with van der Waals surface area (Å²) < 4.78 is 28.7. The molecule has 7 heteroatoms. The van der Waals surface area contributed by atoms with E-state index < -0.39 is 5.54 Å². The summed E-state index contributed by atoms with van der Waals surface area (Å²) in [7, 11) is 0. The minimum Gasteiger partial charge on any atom is -0.379 e. The van der Waals surface area contributed by atoms with E-state index in [-0.39, 0.29) is 5.60 Å². The number of nitrogens with one attached hydrogen (secondary N) is 1. The van der Waals surface area contributed by atoms with Crippen LogP contribution in [0.1, 0.15) is 65.2 Å². The van der Waals surface area contributed by atoms with Crippen molar-refractivity contribution in [2.45, 2.75) is 76.4 Å². The number of nitriles is 1. The van der Waals surface area contributed by atoms with Crippen LogP contribution in [0.3, 0.4) is 0 Å². The normalized spacial score (nSPS) is 28.3. The van der Waals surface area contributed by atoms with Gasteiger partial charge in [-0.15, -0.1) is 0 Å². The molecule has 4 fully saturated rings. The van der Waals surface area contributed by atoms with Gasteiger partial charge in [-0.05, 0) is 89.5 Å². The lowest BCUT2D eigenvalue weighted by atomic mass is 9.54. The number of hydrogen-bond acceptors (Lipinski definition) is 7. The quantitative estimate of drug-likeness (QED) is 0.291. The molecule has 7 nitrogen and oxygen atoms in total. The lowest BCUT2D eigenvalue weighted by Gasteiger charge is -2.56. The summed E-state index contributed by atoms with van der Waals surface area (Å²) in [5.74, 6) is 2.78. The zero-order valence-electron chi connectivity index (χ0n) is 20.9. The van der Waals surface area contributed by atoms with Gasteiger partial charge in [-0.25, -0.2) is 0 Å². The lowest BCUT2D eigenvalue weighted by Crippen LogP contribution is -2.52. The minimum atomic E-state index is -0.453. The van der Waals surface area contributed by atoms with Crippen LogP contribution in [0.4, 0.5) is 0 Å². The Morgan fingerprint density at radius 1 is 0.727 bits per heavy atom. The second-order valence-corrected chi connectivity index (χ2v) is 10.8. The molecule has 33 heavy (non-hydrogen) atoms. The first-order valence-electron chi connectivity index (χ1n) is 13.1. The van der Waals surface area contributed by atoms with Crippen LogP contribution >= 0.6 is 0 Å². The highest BCUT2D eigenvalue weighted by atomic mass is 16.6. The molecule has 4 bridgehead atoms. The Morgan fingerprint density at radius 2 is 1.18 bits per heavy atom. The van der Waals surface area contributed by atoms with Gasteiger partial charge in [-0.2, -0.15) is 5.26 Å². The fourth-order valence-electron chi connectivity index (χ4n) is 6.06. The van der Waals surface area contributed by atoms with Crippen molar-refractivity contribution in [1.29, 1.82) is 5.26 Å². The first-order chi connectivity index (χ1) is 16.0. The van der Waals surface area contributed by atoms with Crippen molar-refractivity contribution in [3.63, 3.8) is 0 Å². The summed E-state index contributed by atoms with van der Waals surface area (Å²) in [5, 5.41) is 12.1. The molecular formula is C26H46N2O5. The molecule has 0 saturated heterocycles. The average Bonchev–Trinajstić information content (AvgIpc) is 2.77. The Balaban J connectivity index is 1.02. The van der Waals surface area contributed by atoms with E-state index in [1.807, 2.05) is 13.8 Å². The molecule has 0 unspecified atom stereocenters. The van der Waals surface area contributed by atoms with Crippen LogP contribution in [0.15, 0.2) is 0 Å². The molecule has 0 amide bonds. The predicted molar refractivity (Wildman–Crippen MR) is 127 cm³/mol. The molecule has 4 aliphatic carbocycles. The molecule has 4 rings (SSSR count). The van der Waals surface area contributed by atoms with Crippen molar-refractivity contribution in [2.24, 2.45) is 17.8 Å². The molecule has 0 spiro atoms. The third kappa shape index (κ3) is 9.79. The van der Waals surface area contributed by atoms with Crippen molar-refractivity contribution in [3.05, 3.63) is 0 Å². The molecule has 4 saturated carbocycles. The van der Waals surface area contributed by atoms with E-state index >= 15 is 0 Å². The number of ether oxygens (including phenoxy) is 5. The summed E-state index contributed by atoms with van der Waals surface area (Å²) in [4.78, 5) is 0. The molecule has 0 aromatic heterocycles. The average molecular weight is 467 g/mol. The Bertz CT molecular complexity index is 556. The van der Waals surface area contributed by atoms with Gasteiger partial charge in [0.15, 0.2) is 0 Å². The van der Waals surface area contributed by atoms with E-state index in [1.54, 1.807) is 0 Å². The summed E-state index contributed by atoms with van der Waals surface area (Å²) in [6, 6.07) is 2.23. The van der Waals surface area contributed by atoms with Gasteiger partial charge in [-0.3, -0.25) is 5.32 Å². The SMILES string of the molecule is CC(C)(C#N)NCCCCOCCOCCOCCOCCOC12CC3CC(CC(C3)C1)C2. The van der Waals surface area contributed by atoms with Crippen molar-refractivity contribution in [1.82, 2.24) is 5.32 Å². The molecule has 190 valence electrons. The van der Waals surface area contributed by atoms with Crippen molar-refractivity contribution in [3.8, 4) is 6.07 Å². The van der Waals surface area contributed by atoms with Gasteiger partial charge < -0.3 is 23.7 Å². The number of unbranched alkanes of at least 4 members (excludes halogenated alkanes) is 1. The lowest BCUT2D eigenvalue weighted by molar-refractivity contribution is -0.169. The first-order valence-corrected chi connectivity index (χ1v) is 13.1. The molecular weight excluding hydrogens is 420 g/mol. The summed E-state index contributed by atoms with van der Waals surface area (Å²) in [5.41, 5.74) is -0.271. The molecule has 0 heterocycles. The highest BCUT2D eigenvalue weighted by Gasteiger charge is 2.51. The van der Waals surface area contributed by atoms with E-state index in [0.29, 0.717) is 52.9 Å². The van der Waals surface area contributed by atoms with Gasteiger partial charge in [0, 0.05) is 6.61 Å².